The summed E-state index contributed by atoms with van der Waals surface area (Å²) in [6.07, 6.45) is 3.07. The third-order valence-electron chi connectivity index (χ3n) is 2.69. The quantitative estimate of drug-likeness (QED) is 0.889. The van der Waals surface area contributed by atoms with Crippen molar-refractivity contribution in [3.63, 3.8) is 0 Å². The molecule has 0 unspecified atom stereocenters. The lowest BCUT2D eigenvalue weighted by molar-refractivity contribution is 0.281. The van der Waals surface area contributed by atoms with Crippen LogP contribution in [0.25, 0.3) is 0 Å². The highest BCUT2D eigenvalue weighted by atomic mass is 16.5. The topological polar surface area (TPSA) is 58.5 Å². The molecule has 2 aromatic rings. The van der Waals surface area contributed by atoms with Crippen molar-refractivity contribution < 1.29 is 9.84 Å². The summed E-state index contributed by atoms with van der Waals surface area (Å²) in [5.41, 5.74) is 1.62. The van der Waals surface area contributed by atoms with Crippen LogP contribution in [0.15, 0.2) is 36.8 Å². The lowest BCUT2D eigenvalue weighted by atomic mass is 10.2. The summed E-state index contributed by atoms with van der Waals surface area (Å²) in [6, 6.07) is 7.64. The Morgan fingerprint density at radius 3 is 2.94 bits per heavy atom. The van der Waals surface area contributed by atoms with Gasteiger partial charge in [-0.15, -0.1) is 0 Å². The van der Waals surface area contributed by atoms with Gasteiger partial charge in [-0.25, -0.2) is 9.97 Å². The van der Waals surface area contributed by atoms with Gasteiger partial charge in [0.2, 0.25) is 0 Å². The summed E-state index contributed by atoms with van der Waals surface area (Å²) in [4.78, 5) is 9.98. The van der Waals surface area contributed by atoms with Crippen LogP contribution in [-0.4, -0.2) is 29.2 Å². The number of aliphatic hydroxyl groups is 1. The molecule has 18 heavy (non-hydrogen) atoms. The number of ether oxygens (including phenoxy) is 1. The van der Waals surface area contributed by atoms with E-state index >= 15 is 0 Å². The Morgan fingerprint density at radius 1 is 1.39 bits per heavy atom. The highest BCUT2D eigenvalue weighted by molar-refractivity contribution is 5.62. The normalized spacial score (nSPS) is 10.2. The van der Waals surface area contributed by atoms with Crippen molar-refractivity contribution in [2.75, 3.05) is 19.1 Å². The molecule has 0 fully saturated rings. The fraction of sp³-hybridized carbons (Fsp3) is 0.231. The van der Waals surface area contributed by atoms with E-state index in [2.05, 4.69) is 9.97 Å². The van der Waals surface area contributed by atoms with Gasteiger partial charge >= 0.3 is 0 Å². The summed E-state index contributed by atoms with van der Waals surface area (Å²) in [7, 11) is 3.51. The molecule has 0 bridgehead atoms. The molecule has 0 saturated carbocycles. The van der Waals surface area contributed by atoms with Crippen molar-refractivity contribution in [1.29, 1.82) is 0 Å². The summed E-state index contributed by atoms with van der Waals surface area (Å²) in [6.45, 7) is -0.0928. The Kier molecular flexibility index (Phi) is 3.74. The Balaban J connectivity index is 2.37. The number of benzene rings is 1. The summed E-state index contributed by atoms with van der Waals surface area (Å²) in [5.74, 6) is 1.46. The second-order valence-corrected chi connectivity index (χ2v) is 3.79. The minimum atomic E-state index is -0.0928. The Hall–Kier alpha value is -2.14. The summed E-state index contributed by atoms with van der Waals surface area (Å²) >= 11 is 0. The average Bonchev–Trinajstić information content (AvgIpc) is 2.46. The number of anilines is 2. The number of hydrogen-bond acceptors (Lipinski definition) is 5. The molecule has 94 valence electrons. The van der Waals surface area contributed by atoms with Gasteiger partial charge in [-0.2, -0.15) is 0 Å². The van der Waals surface area contributed by atoms with Crippen molar-refractivity contribution >= 4 is 11.5 Å². The zero-order chi connectivity index (χ0) is 13.0. The molecule has 0 aliphatic carbocycles. The van der Waals surface area contributed by atoms with Crippen LogP contribution in [0.5, 0.6) is 5.75 Å². The number of aliphatic hydroxyl groups excluding tert-OH is 1. The van der Waals surface area contributed by atoms with Crippen LogP contribution in [-0.2, 0) is 6.61 Å². The maximum Gasteiger partial charge on any atom is 0.141 e. The van der Waals surface area contributed by atoms with E-state index < -0.39 is 0 Å². The van der Waals surface area contributed by atoms with Crippen LogP contribution in [0.2, 0.25) is 0 Å². The van der Waals surface area contributed by atoms with Crippen molar-refractivity contribution in [1.82, 2.24) is 9.97 Å². The molecule has 2 rings (SSSR count). The maximum atomic E-state index is 9.28. The molecule has 5 nitrogen and oxygen atoms in total. The Bertz CT molecular complexity index is 531. The van der Waals surface area contributed by atoms with E-state index in [-0.39, 0.29) is 6.61 Å². The first-order chi connectivity index (χ1) is 8.76. The van der Waals surface area contributed by atoms with Gasteiger partial charge in [0.25, 0.3) is 0 Å². The predicted octanol–water partition coefficient (Wildman–Crippen LogP) is 1.75. The fourth-order valence-corrected chi connectivity index (χ4v) is 1.71. The van der Waals surface area contributed by atoms with Crippen LogP contribution in [0.1, 0.15) is 5.56 Å². The molecule has 1 aromatic carbocycles. The molecule has 1 N–H and O–H groups in total. The minimum absolute atomic E-state index is 0.0928. The monoisotopic (exact) mass is 245 g/mol. The second kappa shape index (κ2) is 5.46. The molecule has 1 aromatic heterocycles. The van der Waals surface area contributed by atoms with Gasteiger partial charge in [-0.3, -0.25) is 0 Å². The Morgan fingerprint density at radius 2 is 2.22 bits per heavy atom. The average molecular weight is 245 g/mol. The molecule has 0 atom stereocenters. The van der Waals surface area contributed by atoms with Crippen molar-refractivity contribution in [2.24, 2.45) is 0 Å². The van der Waals surface area contributed by atoms with E-state index in [0.717, 1.165) is 11.4 Å². The van der Waals surface area contributed by atoms with E-state index in [0.29, 0.717) is 11.4 Å². The van der Waals surface area contributed by atoms with Crippen molar-refractivity contribution in [2.45, 2.75) is 6.61 Å². The maximum absolute atomic E-state index is 9.28. The number of nitrogens with zero attached hydrogens (tertiary/aromatic N) is 3. The highest BCUT2D eigenvalue weighted by Crippen LogP contribution is 2.27. The zero-order valence-electron chi connectivity index (χ0n) is 10.4. The molecule has 0 aliphatic rings. The Labute approximate surface area is 106 Å². The molecule has 0 saturated heterocycles. The molecule has 1 heterocycles. The number of hydrogen-bond donors (Lipinski definition) is 1. The van der Waals surface area contributed by atoms with Gasteiger partial charge in [0.15, 0.2) is 0 Å². The lowest BCUT2D eigenvalue weighted by Crippen LogP contribution is -2.14. The number of rotatable bonds is 4. The van der Waals surface area contributed by atoms with Crippen molar-refractivity contribution in [3.05, 3.63) is 42.4 Å². The largest absolute Gasteiger partial charge is 0.497 e. The third-order valence-corrected chi connectivity index (χ3v) is 2.69. The molecule has 0 radical (unpaired) electrons. The zero-order valence-corrected chi connectivity index (χ0v) is 10.4. The van der Waals surface area contributed by atoms with E-state index in [4.69, 9.17) is 4.74 Å². The molecule has 0 amide bonds. The van der Waals surface area contributed by atoms with Crippen LogP contribution in [0, 0.1) is 0 Å². The van der Waals surface area contributed by atoms with Crippen LogP contribution in [0.3, 0.4) is 0 Å². The summed E-state index contributed by atoms with van der Waals surface area (Å²) < 4.78 is 5.19. The van der Waals surface area contributed by atoms with Gasteiger partial charge in [0.1, 0.15) is 17.9 Å². The second-order valence-electron chi connectivity index (χ2n) is 3.79. The third kappa shape index (κ3) is 2.41. The van der Waals surface area contributed by atoms with Crippen molar-refractivity contribution in [3.8, 4) is 5.75 Å². The first kappa shape index (κ1) is 12.3. The van der Waals surface area contributed by atoms with Crippen LogP contribution >= 0.6 is 0 Å². The lowest BCUT2D eigenvalue weighted by Gasteiger charge is -2.20. The first-order valence-electron chi connectivity index (χ1n) is 5.53. The molecule has 0 aliphatic heterocycles. The fourth-order valence-electron chi connectivity index (χ4n) is 1.71. The standard InChI is InChI=1S/C13H15N3O2/c1-16(11-4-3-5-12(6-11)18-2)13-10(8-17)7-14-9-15-13/h3-7,9,17H,8H2,1-2H3. The summed E-state index contributed by atoms with van der Waals surface area (Å²) in [5, 5.41) is 9.28. The predicted molar refractivity (Wildman–Crippen MR) is 69.0 cm³/mol. The molecular formula is C13H15N3O2. The van der Waals surface area contributed by atoms with Gasteiger partial charge in [-0.1, -0.05) is 6.07 Å². The van der Waals surface area contributed by atoms with Crippen LogP contribution in [0.4, 0.5) is 11.5 Å². The molecule has 0 spiro atoms. The van der Waals surface area contributed by atoms with Gasteiger partial charge < -0.3 is 14.7 Å². The highest BCUT2D eigenvalue weighted by Gasteiger charge is 2.10. The van der Waals surface area contributed by atoms with E-state index in [1.165, 1.54) is 6.33 Å². The smallest absolute Gasteiger partial charge is 0.141 e. The minimum Gasteiger partial charge on any atom is -0.497 e. The molecule has 5 heteroatoms. The number of methoxy groups -OCH3 is 1. The van der Waals surface area contributed by atoms with E-state index in [9.17, 15) is 5.11 Å². The van der Waals surface area contributed by atoms with Gasteiger partial charge in [0.05, 0.1) is 13.7 Å². The molecular weight excluding hydrogens is 230 g/mol. The van der Waals surface area contributed by atoms with Crippen LogP contribution < -0.4 is 9.64 Å². The first-order valence-corrected chi connectivity index (χ1v) is 5.53. The van der Waals surface area contributed by atoms with Gasteiger partial charge in [0, 0.05) is 30.6 Å². The number of aromatic nitrogens is 2. The SMILES string of the molecule is COc1cccc(N(C)c2ncncc2CO)c1. The van der Waals surface area contributed by atoms with E-state index in [1.807, 2.05) is 36.2 Å². The van der Waals surface area contributed by atoms with E-state index in [1.54, 1.807) is 13.3 Å². The van der Waals surface area contributed by atoms with Gasteiger partial charge in [-0.05, 0) is 12.1 Å².